The first kappa shape index (κ1) is 12.4. The zero-order chi connectivity index (χ0) is 13.2. The number of aryl methyl sites for hydroxylation is 1. The van der Waals surface area contributed by atoms with E-state index in [0.29, 0.717) is 0 Å². The number of nitrogens with zero attached hydrogens (tertiary/aromatic N) is 3. The van der Waals surface area contributed by atoms with Crippen LogP contribution in [0.2, 0.25) is 0 Å². The summed E-state index contributed by atoms with van der Waals surface area (Å²) in [4.78, 5) is 13.6. The van der Waals surface area contributed by atoms with Crippen LogP contribution >= 0.6 is 11.8 Å². The summed E-state index contributed by atoms with van der Waals surface area (Å²) in [6.07, 6.45) is 3.65. The zero-order valence-corrected chi connectivity index (χ0v) is 11.9. The SMILES string of the molecule is CCNc1nc(-c2ccncc2C)nc2c1CSC2. The van der Waals surface area contributed by atoms with Crippen LogP contribution in [-0.2, 0) is 11.5 Å². The number of anilines is 1. The first-order valence-corrected chi connectivity index (χ1v) is 7.57. The summed E-state index contributed by atoms with van der Waals surface area (Å²) in [5.74, 6) is 3.78. The van der Waals surface area contributed by atoms with E-state index >= 15 is 0 Å². The van der Waals surface area contributed by atoms with E-state index in [1.807, 2.05) is 30.9 Å². The zero-order valence-electron chi connectivity index (χ0n) is 11.1. The predicted octanol–water partition coefficient (Wildman–Crippen LogP) is 3.03. The Labute approximate surface area is 117 Å². The number of hydrogen-bond acceptors (Lipinski definition) is 5. The molecule has 1 aliphatic heterocycles. The Morgan fingerprint density at radius 1 is 1.32 bits per heavy atom. The van der Waals surface area contributed by atoms with Gasteiger partial charge in [0.15, 0.2) is 5.82 Å². The lowest BCUT2D eigenvalue weighted by Gasteiger charge is -2.11. The van der Waals surface area contributed by atoms with E-state index in [4.69, 9.17) is 9.97 Å². The molecule has 0 aliphatic carbocycles. The average molecular weight is 272 g/mol. The van der Waals surface area contributed by atoms with Crippen LogP contribution in [-0.4, -0.2) is 21.5 Å². The molecule has 0 fully saturated rings. The number of rotatable bonds is 3. The highest BCUT2D eigenvalue weighted by molar-refractivity contribution is 7.98. The number of aromatic nitrogens is 3. The van der Waals surface area contributed by atoms with Crippen LogP contribution in [0.4, 0.5) is 5.82 Å². The van der Waals surface area contributed by atoms with Gasteiger partial charge in [-0.05, 0) is 25.5 Å². The second kappa shape index (κ2) is 5.17. The Morgan fingerprint density at radius 2 is 2.21 bits per heavy atom. The van der Waals surface area contributed by atoms with Crippen LogP contribution in [0.1, 0.15) is 23.7 Å². The van der Waals surface area contributed by atoms with Crippen LogP contribution in [0.15, 0.2) is 18.5 Å². The third-order valence-electron chi connectivity index (χ3n) is 3.18. The Morgan fingerprint density at radius 3 is 3.00 bits per heavy atom. The third kappa shape index (κ3) is 2.30. The molecule has 0 spiro atoms. The molecule has 5 heteroatoms. The van der Waals surface area contributed by atoms with E-state index in [1.54, 1.807) is 6.20 Å². The van der Waals surface area contributed by atoms with Gasteiger partial charge in [0.1, 0.15) is 5.82 Å². The highest BCUT2D eigenvalue weighted by atomic mass is 32.2. The van der Waals surface area contributed by atoms with Gasteiger partial charge in [0.25, 0.3) is 0 Å². The molecule has 2 aromatic heterocycles. The molecule has 98 valence electrons. The number of thioether (sulfide) groups is 1. The first-order valence-electron chi connectivity index (χ1n) is 6.42. The van der Waals surface area contributed by atoms with Crippen LogP contribution in [0.3, 0.4) is 0 Å². The quantitative estimate of drug-likeness (QED) is 0.930. The molecule has 3 heterocycles. The van der Waals surface area contributed by atoms with Crippen molar-refractivity contribution in [3.63, 3.8) is 0 Å². The lowest BCUT2D eigenvalue weighted by atomic mass is 10.1. The van der Waals surface area contributed by atoms with Crippen molar-refractivity contribution in [2.75, 3.05) is 11.9 Å². The topological polar surface area (TPSA) is 50.7 Å². The number of fused-ring (bicyclic) bond motifs is 1. The van der Waals surface area contributed by atoms with Gasteiger partial charge in [-0.2, -0.15) is 11.8 Å². The number of hydrogen-bond donors (Lipinski definition) is 1. The highest BCUT2D eigenvalue weighted by Gasteiger charge is 2.20. The smallest absolute Gasteiger partial charge is 0.162 e. The van der Waals surface area contributed by atoms with Crippen molar-refractivity contribution in [2.45, 2.75) is 25.4 Å². The van der Waals surface area contributed by atoms with Gasteiger partial charge in [0.2, 0.25) is 0 Å². The minimum Gasteiger partial charge on any atom is -0.370 e. The van der Waals surface area contributed by atoms with Crippen LogP contribution < -0.4 is 5.32 Å². The minimum atomic E-state index is 0.803. The molecule has 0 atom stereocenters. The third-order valence-corrected chi connectivity index (χ3v) is 4.15. The Balaban J connectivity index is 2.13. The molecule has 0 bridgehead atoms. The summed E-state index contributed by atoms with van der Waals surface area (Å²) >= 11 is 1.90. The molecular weight excluding hydrogens is 256 g/mol. The summed E-state index contributed by atoms with van der Waals surface area (Å²) in [6, 6.07) is 1.98. The fourth-order valence-corrected chi connectivity index (χ4v) is 3.25. The van der Waals surface area contributed by atoms with Gasteiger partial charge in [-0.25, -0.2) is 9.97 Å². The van der Waals surface area contributed by atoms with Crippen molar-refractivity contribution >= 4 is 17.6 Å². The largest absolute Gasteiger partial charge is 0.370 e. The van der Waals surface area contributed by atoms with Gasteiger partial charge in [0.05, 0.1) is 5.69 Å². The molecule has 4 nitrogen and oxygen atoms in total. The first-order chi connectivity index (χ1) is 9.29. The summed E-state index contributed by atoms with van der Waals surface area (Å²) < 4.78 is 0. The van der Waals surface area contributed by atoms with E-state index in [2.05, 4.69) is 17.2 Å². The lowest BCUT2D eigenvalue weighted by Crippen LogP contribution is -2.07. The van der Waals surface area contributed by atoms with Crippen LogP contribution in [0.25, 0.3) is 11.4 Å². The van der Waals surface area contributed by atoms with E-state index in [-0.39, 0.29) is 0 Å². The van der Waals surface area contributed by atoms with Crippen molar-refractivity contribution in [1.82, 2.24) is 15.0 Å². The normalized spacial score (nSPS) is 13.4. The number of pyridine rings is 1. The van der Waals surface area contributed by atoms with E-state index in [9.17, 15) is 0 Å². The summed E-state index contributed by atoms with van der Waals surface area (Å²) in [5.41, 5.74) is 4.61. The monoisotopic (exact) mass is 272 g/mol. The van der Waals surface area contributed by atoms with E-state index in [1.165, 1.54) is 11.3 Å². The fraction of sp³-hybridized carbons (Fsp3) is 0.357. The van der Waals surface area contributed by atoms with Gasteiger partial charge in [-0.15, -0.1) is 0 Å². The van der Waals surface area contributed by atoms with E-state index < -0.39 is 0 Å². The van der Waals surface area contributed by atoms with Crippen molar-refractivity contribution in [3.05, 3.63) is 35.3 Å². The van der Waals surface area contributed by atoms with Crippen molar-refractivity contribution in [1.29, 1.82) is 0 Å². The van der Waals surface area contributed by atoms with Gasteiger partial charge in [-0.3, -0.25) is 4.98 Å². The molecule has 0 radical (unpaired) electrons. The molecule has 0 aromatic carbocycles. The van der Waals surface area contributed by atoms with Crippen molar-refractivity contribution in [3.8, 4) is 11.4 Å². The minimum absolute atomic E-state index is 0.803. The Bertz CT molecular complexity index is 612. The van der Waals surface area contributed by atoms with E-state index in [0.717, 1.165) is 40.8 Å². The Kier molecular flexibility index (Phi) is 3.38. The molecule has 0 saturated heterocycles. The maximum Gasteiger partial charge on any atom is 0.162 e. The predicted molar refractivity (Wildman–Crippen MR) is 79.2 cm³/mol. The van der Waals surface area contributed by atoms with Gasteiger partial charge in [0, 0.05) is 41.6 Å². The highest BCUT2D eigenvalue weighted by Crippen LogP contribution is 2.34. The molecule has 0 amide bonds. The molecule has 0 saturated carbocycles. The molecular formula is C14H16N4S. The summed E-state index contributed by atoms with van der Waals surface area (Å²) in [7, 11) is 0. The maximum atomic E-state index is 4.73. The standard InChI is InChI=1S/C14H16N4S/c1-3-16-13-11-7-19-8-12(11)17-14(18-13)10-4-5-15-6-9(10)2/h4-6H,3,7-8H2,1-2H3,(H,16,17,18). The molecule has 19 heavy (non-hydrogen) atoms. The Hall–Kier alpha value is -1.62. The van der Waals surface area contributed by atoms with Crippen LogP contribution in [0.5, 0.6) is 0 Å². The van der Waals surface area contributed by atoms with Crippen LogP contribution in [0, 0.1) is 6.92 Å². The molecule has 0 unspecified atom stereocenters. The van der Waals surface area contributed by atoms with Gasteiger partial charge >= 0.3 is 0 Å². The molecule has 3 rings (SSSR count). The van der Waals surface area contributed by atoms with Crippen molar-refractivity contribution < 1.29 is 0 Å². The summed E-state index contributed by atoms with van der Waals surface area (Å²) in [5, 5.41) is 3.36. The van der Waals surface area contributed by atoms with Crippen molar-refractivity contribution in [2.24, 2.45) is 0 Å². The average Bonchev–Trinajstić information content (AvgIpc) is 2.88. The number of nitrogens with one attached hydrogen (secondary N) is 1. The van der Waals surface area contributed by atoms with Gasteiger partial charge < -0.3 is 5.32 Å². The second-order valence-electron chi connectivity index (χ2n) is 4.53. The summed E-state index contributed by atoms with van der Waals surface area (Å²) in [6.45, 7) is 5.01. The second-order valence-corrected chi connectivity index (χ2v) is 5.52. The maximum absolute atomic E-state index is 4.73. The molecule has 1 aliphatic rings. The molecule has 1 N–H and O–H groups in total. The fourth-order valence-electron chi connectivity index (χ4n) is 2.21. The van der Waals surface area contributed by atoms with Gasteiger partial charge in [-0.1, -0.05) is 0 Å². The lowest BCUT2D eigenvalue weighted by molar-refractivity contribution is 1.04. The molecule has 2 aromatic rings.